The first-order valence-electron chi connectivity index (χ1n) is 12.5. The van der Waals surface area contributed by atoms with Gasteiger partial charge in [0, 0.05) is 24.6 Å². The van der Waals surface area contributed by atoms with Crippen LogP contribution in [0.3, 0.4) is 0 Å². The highest BCUT2D eigenvalue weighted by molar-refractivity contribution is 5.72. The number of aromatic nitrogens is 4. The minimum Gasteiger partial charge on any atom is -0.449 e. The lowest BCUT2D eigenvalue weighted by Crippen LogP contribution is -2.08. The molecule has 0 bridgehead atoms. The van der Waals surface area contributed by atoms with Crippen LogP contribution in [0.4, 0.5) is 4.79 Å². The summed E-state index contributed by atoms with van der Waals surface area (Å²) >= 11 is 0. The SMILES string of the molecule is CCCCc1nc(CCC2CCCCC2)nn1Cc1ccc(-c2cccnc2OC(=O)O)cc1. The molecule has 1 aliphatic rings. The molecule has 1 aliphatic carbocycles. The van der Waals surface area contributed by atoms with Crippen molar-refractivity contribution in [1.29, 1.82) is 0 Å². The highest BCUT2D eigenvalue weighted by atomic mass is 16.7. The average Bonchev–Trinajstić information content (AvgIpc) is 3.24. The van der Waals surface area contributed by atoms with Crippen molar-refractivity contribution in [3.63, 3.8) is 0 Å². The van der Waals surface area contributed by atoms with Gasteiger partial charge >= 0.3 is 6.16 Å². The van der Waals surface area contributed by atoms with Crippen LogP contribution in [0.25, 0.3) is 11.1 Å². The smallest absolute Gasteiger partial charge is 0.449 e. The molecular weight excluding hydrogens is 428 g/mol. The van der Waals surface area contributed by atoms with Crippen molar-refractivity contribution >= 4 is 6.16 Å². The average molecular weight is 463 g/mol. The van der Waals surface area contributed by atoms with Gasteiger partial charge in [-0.05, 0) is 42.0 Å². The lowest BCUT2D eigenvalue weighted by atomic mass is 9.86. The second-order valence-corrected chi connectivity index (χ2v) is 9.17. The minimum absolute atomic E-state index is 0.0866. The van der Waals surface area contributed by atoms with Gasteiger partial charge in [-0.25, -0.2) is 19.4 Å². The number of pyridine rings is 1. The first-order valence-corrected chi connectivity index (χ1v) is 12.5. The third-order valence-corrected chi connectivity index (χ3v) is 6.60. The molecule has 2 aromatic heterocycles. The van der Waals surface area contributed by atoms with Gasteiger partial charge in [-0.2, -0.15) is 5.10 Å². The van der Waals surface area contributed by atoms with E-state index in [9.17, 15) is 4.79 Å². The van der Waals surface area contributed by atoms with E-state index in [1.165, 1.54) is 44.7 Å². The van der Waals surface area contributed by atoms with Gasteiger partial charge in [0.25, 0.3) is 0 Å². The zero-order valence-corrected chi connectivity index (χ0v) is 19.9. The molecule has 1 aromatic carbocycles. The van der Waals surface area contributed by atoms with Crippen molar-refractivity contribution in [2.24, 2.45) is 5.92 Å². The summed E-state index contributed by atoms with van der Waals surface area (Å²) in [5, 5.41) is 13.9. The third-order valence-electron chi connectivity index (χ3n) is 6.60. The van der Waals surface area contributed by atoms with Crippen LogP contribution < -0.4 is 4.74 Å². The van der Waals surface area contributed by atoms with E-state index in [2.05, 4.69) is 16.6 Å². The molecule has 7 heteroatoms. The van der Waals surface area contributed by atoms with Crippen molar-refractivity contribution in [2.75, 3.05) is 0 Å². The highest BCUT2D eigenvalue weighted by Gasteiger charge is 2.16. The molecule has 0 atom stereocenters. The topological polar surface area (TPSA) is 90.1 Å². The number of hydrogen-bond donors (Lipinski definition) is 1. The molecule has 0 unspecified atom stereocenters. The molecule has 180 valence electrons. The van der Waals surface area contributed by atoms with Crippen molar-refractivity contribution in [3.8, 4) is 17.0 Å². The van der Waals surface area contributed by atoms with E-state index in [0.717, 1.165) is 54.4 Å². The van der Waals surface area contributed by atoms with Crippen LogP contribution in [0, 0.1) is 5.92 Å². The summed E-state index contributed by atoms with van der Waals surface area (Å²) in [5.41, 5.74) is 2.62. The van der Waals surface area contributed by atoms with Crippen LogP contribution in [0.1, 0.15) is 75.5 Å². The van der Waals surface area contributed by atoms with E-state index in [-0.39, 0.29) is 5.88 Å². The Morgan fingerprint density at radius 3 is 2.65 bits per heavy atom. The summed E-state index contributed by atoms with van der Waals surface area (Å²) in [6.45, 7) is 2.87. The summed E-state index contributed by atoms with van der Waals surface area (Å²) in [4.78, 5) is 19.9. The molecular formula is C27H34N4O3. The van der Waals surface area contributed by atoms with Gasteiger partial charge in [-0.3, -0.25) is 0 Å². The molecule has 3 aromatic rings. The maximum absolute atomic E-state index is 11.0. The standard InChI is InChI=1S/C27H34N4O3/c1-2-3-11-25-29-24(17-14-20-8-5-4-6-9-20)30-31(25)19-21-12-15-22(16-13-21)23-10-7-18-28-26(23)34-27(32)33/h7,10,12-13,15-16,18,20H,2-6,8-9,11,14,17,19H2,1H3,(H,32,33). The van der Waals surface area contributed by atoms with E-state index in [4.69, 9.17) is 19.9 Å². The quantitative estimate of drug-likeness (QED) is 0.356. The van der Waals surface area contributed by atoms with E-state index in [0.29, 0.717) is 12.1 Å². The molecule has 34 heavy (non-hydrogen) atoms. The number of carbonyl (C=O) groups is 1. The van der Waals surface area contributed by atoms with Crippen LogP contribution >= 0.6 is 0 Å². The summed E-state index contributed by atoms with van der Waals surface area (Å²) in [6, 6.07) is 11.6. The number of unbranched alkanes of at least 4 members (excludes halogenated alkanes) is 1. The van der Waals surface area contributed by atoms with Gasteiger partial charge in [-0.15, -0.1) is 0 Å². The van der Waals surface area contributed by atoms with Crippen LogP contribution in [0.15, 0.2) is 42.6 Å². The lowest BCUT2D eigenvalue weighted by Gasteiger charge is -2.20. The number of carboxylic acid groups (broad SMARTS) is 1. The molecule has 0 radical (unpaired) electrons. The lowest BCUT2D eigenvalue weighted by molar-refractivity contribution is 0.143. The Bertz CT molecular complexity index is 1070. The number of nitrogens with zero attached hydrogens (tertiary/aromatic N) is 4. The fraction of sp³-hybridized carbons (Fsp3) is 0.481. The van der Waals surface area contributed by atoms with Gasteiger partial charge in [0.1, 0.15) is 5.82 Å². The molecule has 0 saturated heterocycles. The Kier molecular flexibility index (Phi) is 8.28. The monoisotopic (exact) mass is 462 g/mol. The van der Waals surface area contributed by atoms with E-state index >= 15 is 0 Å². The van der Waals surface area contributed by atoms with Crippen molar-refractivity contribution in [1.82, 2.24) is 19.7 Å². The number of benzene rings is 1. The van der Waals surface area contributed by atoms with Crippen LogP contribution in [-0.2, 0) is 19.4 Å². The van der Waals surface area contributed by atoms with Gasteiger partial charge in [0.15, 0.2) is 5.82 Å². The fourth-order valence-electron chi connectivity index (χ4n) is 4.72. The van der Waals surface area contributed by atoms with Crippen LogP contribution in [-0.4, -0.2) is 31.0 Å². The van der Waals surface area contributed by atoms with Crippen molar-refractivity contribution < 1.29 is 14.6 Å². The van der Waals surface area contributed by atoms with Gasteiger partial charge < -0.3 is 9.84 Å². The summed E-state index contributed by atoms with van der Waals surface area (Å²) < 4.78 is 6.89. The molecule has 1 saturated carbocycles. The molecule has 1 N–H and O–H groups in total. The number of rotatable bonds is 10. The van der Waals surface area contributed by atoms with E-state index < -0.39 is 6.16 Å². The molecule has 2 heterocycles. The second-order valence-electron chi connectivity index (χ2n) is 9.17. The van der Waals surface area contributed by atoms with Gasteiger partial charge in [0.2, 0.25) is 5.88 Å². The molecule has 7 nitrogen and oxygen atoms in total. The van der Waals surface area contributed by atoms with Gasteiger partial charge in [0.05, 0.1) is 6.54 Å². The fourth-order valence-corrected chi connectivity index (χ4v) is 4.72. The summed E-state index contributed by atoms with van der Waals surface area (Å²) in [7, 11) is 0. The Hall–Kier alpha value is -3.22. The zero-order chi connectivity index (χ0) is 23.8. The van der Waals surface area contributed by atoms with Gasteiger partial charge in [-0.1, -0.05) is 69.7 Å². The van der Waals surface area contributed by atoms with Crippen LogP contribution in [0.5, 0.6) is 5.88 Å². The highest BCUT2D eigenvalue weighted by Crippen LogP contribution is 2.29. The number of ether oxygens (including phenoxy) is 1. The Balaban J connectivity index is 1.47. The molecule has 0 spiro atoms. The van der Waals surface area contributed by atoms with Crippen molar-refractivity contribution in [3.05, 3.63) is 59.8 Å². The maximum Gasteiger partial charge on any atom is 0.512 e. The van der Waals surface area contributed by atoms with E-state index in [1.807, 2.05) is 24.3 Å². The molecule has 4 rings (SSSR count). The predicted molar refractivity (Wildman–Crippen MR) is 131 cm³/mol. The number of aryl methyl sites for hydroxylation is 2. The largest absolute Gasteiger partial charge is 0.512 e. The summed E-state index contributed by atoms with van der Waals surface area (Å²) in [6.07, 6.45) is 12.3. The Labute approximate surface area is 201 Å². The number of hydrogen-bond acceptors (Lipinski definition) is 5. The molecule has 1 fully saturated rings. The zero-order valence-electron chi connectivity index (χ0n) is 19.9. The Morgan fingerprint density at radius 1 is 1.12 bits per heavy atom. The third kappa shape index (κ3) is 6.43. The normalized spacial score (nSPS) is 14.3. The van der Waals surface area contributed by atoms with E-state index in [1.54, 1.807) is 12.1 Å². The van der Waals surface area contributed by atoms with Crippen LogP contribution in [0.2, 0.25) is 0 Å². The first-order chi connectivity index (χ1) is 16.6. The predicted octanol–water partition coefficient (Wildman–Crippen LogP) is 6.30. The molecule has 0 amide bonds. The minimum atomic E-state index is -1.37. The summed E-state index contributed by atoms with van der Waals surface area (Å²) in [5.74, 6) is 2.95. The second kappa shape index (κ2) is 11.8. The maximum atomic E-state index is 11.0. The first kappa shape index (κ1) is 23.9. The molecule has 0 aliphatic heterocycles. The Morgan fingerprint density at radius 2 is 1.91 bits per heavy atom. The van der Waals surface area contributed by atoms with Crippen molar-refractivity contribution in [2.45, 2.75) is 77.7 Å².